The highest BCUT2D eigenvalue weighted by molar-refractivity contribution is 5.98. The second kappa shape index (κ2) is 3.46. The Kier molecular flexibility index (Phi) is 2.14. The zero-order chi connectivity index (χ0) is 10.8. The van der Waals surface area contributed by atoms with Crippen LogP contribution in [0.1, 0.15) is 21.5 Å². The highest BCUT2D eigenvalue weighted by Crippen LogP contribution is 2.16. The van der Waals surface area contributed by atoms with Gasteiger partial charge >= 0.3 is 0 Å². The lowest BCUT2D eigenvalue weighted by Crippen LogP contribution is -2.12. The summed E-state index contributed by atoms with van der Waals surface area (Å²) in [6.45, 7) is 0.514. The van der Waals surface area contributed by atoms with Crippen LogP contribution in [0.25, 0.3) is 0 Å². The Labute approximate surface area is 86.5 Å². The van der Waals surface area contributed by atoms with Crippen molar-refractivity contribution in [3.8, 4) is 11.8 Å². The van der Waals surface area contributed by atoms with Crippen LogP contribution in [0.3, 0.4) is 0 Å². The van der Waals surface area contributed by atoms with Crippen LogP contribution in [-0.4, -0.2) is 11.8 Å². The molecule has 0 bridgehead atoms. The molecule has 2 rings (SSSR count). The van der Waals surface area contributed by atoms with E-state index >= 15 is 0 Å². The van der Waals surface area contributed by atoms with Crippen LogP contribution >= 0.6 is 0 Å². The zero-order valence-electron chi connectivity index (χ0n) is 7.83. The largest absolute Gasteiger partial charge is 0.359 e. The summed E-state index contributed by atoms with van der Waals surface area (Å²) >= 11 is 0. The molecule has 0 atom stereocenters. The number of benzene rings is 1. The summed E-state index contributed by atoms with van der Waals surface area (Å²) in [5.41, 5.74) is 7.15. The Morgan fingerprint density at radius 3 is 3.00 bits per heavy atom. The Balaban J connectivity index is 2.36. The van der Waals surface area contributed by atoms with E-state index in [0.717, 1.165) is 5.56 Å². The number of nitrogens with one attached hydrogen (secondary N) is 1. The van der Waals surface area contributed by atoms with Crippen molar-refractivity contribution in [2.45, 2.75) is 6.54 Å². The minimum atomic E-state index is -0.662. The van der Waals surface area contributed by atoms with Crippen LogP contribution < -0.4 is 11.1 Å². The van der Waals surface area contributed by atoms with Crippen molar-refractivity contribution in [3.05, 3.63) is 34.9 Å². The maximum absolute atomic E-state index is 11.2. The lowest BCUT2D eigenvalue weighted by Gasteiger charge is -1.95. The first-order valence-electron chi connectivity index (χ1n) is 4.39. The molecule has 3 N–H and O–H groups in total. The van der Waals surface area contributed by atoms with Gasteiger partial charge in [0, 0.05) is 17.7 Å². The third-order valence-electron chi connectivity index (χ3n) is 2.12. The Morgan fingerprint density at radius 2 is 2.27 bits per heavy atom. The van der Waals surface area contributed by atoms with Gasteiger partial charge in [-0.1, -0.05) is 5.92 Å². The van der Waals surface area contributed by atoms with E-state index in [1.165, 1.54) is 0 Å². The number of rotatable bonds is 0. The maximum atomic E-state index is 11.2. The number of primary amides is 1. The minimum Gasteiger partial charge on any atom is -0.359 e. The predicted molar refractivity (Wildman–Crippen MR) is 53.7 cm³/mol. The van der Waals surface area contributed by atoms with Gasteiger partial charge < -0.3 is 11.1 Å². The maximum Gasteiger partial charge on any atom is 0.293 e. The van der Waals surface area contributed by atoms with Crippen molar-refractivity contribution in [3.63, 3.8) is 0 Å². The van der Waals surface area contributed by atoms with E-state index in [0.29, 0.717) is 17.7 Å². The molecule has 1 aliphatic rings. The number of carbonyl (C=O) groups excluding carboxylic acids is 2. The van der Waals surface area contributed by atoms with Crippen LogP contribution in [0.15, 0.2) is 18.2 Å². The Bertz CT molecular complexity index is 509. The molecule has 0 saturated heterocycles. The van der Waals surface area contributed by atoms with E-state index in [1.54, 1.807) is 18.2 Å². The summed E-state index contributed by atoms with van der Waals surface area (Å²) in [6, 6.07) is 5.17. The van der Waals surface area contributed by atoms with Crippen molar-refractivity contribution in [1.82, 2.24) is 5.32 Å². The van der Waals surface area contributed by atoms with Crippen molar-refractivity contribution in [1.29, 1.82) is 0 Å². The summed E-state index contributed by atoms with van der Waals surface area (Å²) in [4.78, 5) is 21.7. The highest BCUT2D eigenvalue weighted by Gasteiger charge is 2.17. The van der Waals surface area contributed by atoms with E-state index in [2.05, 4.69) is 17.2 Å². The standard InChI is InChI=1S/C11H8N2O2/c12-10(14)4-2-7-1-3-9-8(5-7)6-13-11(9)15/h1,3,5H,6H2,(H2,12,14)(H,13,15). The fraction of sp³-hybridized carbons (Fsp3) is 0.0909. The topological polar surface area (TPSA) is 72.2 Å². The third kappa shape index (κ3) is 1.81. The molecule has 15 heavy (non-hydrogen) atoms. The summed E-state index contributed by atoms with van der Waals surface area (Å²) in [6.07, 6.45) is 0. The smallest absolute Gasteiger partial charge is 0.293 e. The monoisotopic (exact) mass is 200 g/mol. The molecule has 4 heteroatoms. The van der Waals surface area contributed by atoms with Gasteiger partial charge in [-0.15, -0.1) is 0 Å². The molecule has 74 valence electrons. The molecule has 0 fully saturated rings. The lowest BCUT2D eigenvalue weighted by molar-refractivity contribution is -0.112. The van der Waals surface area contributed by atoms with Gasteiger partial charge in [0.15, 0.2) is 0 Å². The fourth-order valence-corrected chi connectivity index (χ4v) is 1.44. The molecular formula is C11H8N2O2. The second-order valence-corrected chi connectivity index (χ2v) is 3.17. The number of nitrogens with two attached hydrogens (primary N) is 1. The molecule has 0 saturated carbocycles. The minimum absolute atomic E-state index is 0.0700. The van der Waals surface area contributed by atoms with E-state index < -0.39 is 5.91 Å². The van der Waals surface area contributed by atoms with Gasteiger partial charge in [0.05, 0.1) is 0 Å². The van der Waals surface area contributed by atoms with Gasteiger partial charge in [0.1, 0.15) is 0 Å². The highest BCUT2D eigenvalue weighted by atomic mass is 16.2. The second-order valence-electron chi connectivity index (χ2n) is 3.17. The predicted octanol–water partition coefficient (Wildman–Crippen LogP) is -0.233. The van der Waals surface area contributed by atoms with Gasteiger partial charge in [0.2, 0.25) is 0 Å². The van der Waals surface area contributed by atoms with Gasteiger partial charge in [-0.05, 0) is 29.7 Å². The summed E-state index contributed by atoms with van der Waals surface area (Å²) in [5.74, 6) is 4.14. The molecule has 0 unspecified atom stereocenters. The molecule has 1 heterocycles. The van der Waals surface area contributed by atoms with Crippen LogP contribution in [0.4, 0.5) is 0 Å². The van der Waals surface area contributed by atoms with Crippen molar-refractivity contribution in [2.24, 2.45) is 5.73 Å². The summed E-state index contributed by atoms with van der Waals surface area (Å²) in [5, 5.41) is 2.70. The molecule has 0 radical (unpaired) electrons. The molecule has 1 aromatic rings. The average Bonchev–Trinajstić information content (AvgIpc) is 2.57. The number of carbonyl (C=O) groups is 2. The van der Waals surface area contributed by atoms with Crippen LogP contribution in [0.2, 0.25) is 0 Å². The van der Waals surface area contributed by atoms with E-state index in [1.807, 2.05) is 0 Å². The first kappa shape index (κ1) is 9.28. The van der Waals surface area contributed by atoms with Gasteiger partial charge in [-0.2, -0.15) is 0 Å². The number of amides is 2. The number of fused-ring (bicyclic) bond motifs is 1. The van der Waals surface area contributed by atoms with Crippen LogP contribution in [0, 0.1) is 11.8 Å². The zero-order valence-corrected chi connectivity index (χ0v) is 7.83. The van der Waals surface area contributed by atoms with Crippen LogP contribution in [0.5, 0.6) is 0 Å². The average molecular weight is 200 g/mol. The van der Waals surface area contributed by atoms with E-state index in [4.69, 9.17) is 5.73 Å². The lowest BCUT2D eigenvalue weighted by atomic mass is 10.1. The molecule has 0 aromatic heterocycles. The van der Waals surface area contributed by atoms with E-state index in [-0.39, 0.29) is 5.91 Å². The van der Waals surface area contributed by atoms with Gasteiger partial charge in [-0.3, -0.25) is 9.59 Å². The molecule has 1 aromatic carbocycles. The molecule has 1 aliphatic heterocycles. The van der Waals surface area contributed by atoms with E-state index in [9.17, 15) is 9.59 Å². The first-order valence-corrected chi connectivity index (χ1v) is 4.39. The SMILES string of the molecule is NC(=O)C#Cc1ccc2c(c1)CNC2=O. The molecule has 2 amide bonds. The quantitative estimate of drug-likeness (QED) is 0.568. The number of hydrogen-bond acceptors (Lipinski definition) is 2. The van der Waals surface area contributed by atoms with Crippen molar-refractivity contribution < 1.29 is 9.59 Å². The summed E-state index contributed by atoms with van der Waals surface area (Å²) < 4.78 is 0. The van der Waals surface area contributed by atoms with Crippen LogP contribution in [-0.2, 0) is 11.3 Å². The molecule has 0 spiro atoms. The first-order chi connectivity index (χ1) is 7.16. The Hall–Kier alpha value is -2.28. The summed E-state index contributed by atoms with van der Waals surface area (Å²) in [7, 11) is 0. The van der Waals surface area contributed by atoms with Gasteiger partial charge in [-0.25, -0.2) is 0 Å². The normalized spacial score (nSPS) is 12.4. The van der Waals surface area contributed by atoms with Gasteiger partial charge in [0.25, 0.3) is 11.8 Å². The van der Waals surface area contributed by atoms with Crippen molar-refractivity contribution in [2.75, 3.05) is 0 Å². The molecule has 0 aliphatic carbocycles. The third-order valence-corrected chi connectivity index (χ3v) is 2.12. The fourth-order valence-electron chi connectivity index (χ4n) is 1.44. The molecular weight excluding hydrogens is 192 g/mol. The van der Waals surface area contributed by atoms with Crippen molar-refractivity contribution >= 4 is 11.8 Å². The Morgan fingerprint density at radius 1 is 1.47 bits per heavy atom. The number of hydrogen-bond donors (Lipinski definition) is 2. The molecule has 4 nitrogen and oxygen atoms in total.